The Morgan fingerprint density at radius 3 is 3.18 bits per heavy atom. The molecule has 0 spiro atoms. The zero-order valence-corrected chi connectivity index (χ0v) is 12.4. The Morgan fingerprint density at radius 2 is 2.23 bits per heavy atom. The Balaban J connectivity index is 1.67. The quantitative estimate of drug-likeness (QED) is 0.782. The van der Waals surface area contributed by atoms with Crippen molar-refractivity contribution in [1.82, 2.24) is 25.3 Å². The summed E-state index contributed by atoms with van der Waals surface area (Å²) in [7, 11) is 0. The van der Waals surface area contributed by atoms with Gasteiger partial charge in [-0.05, 0) is 47.5 Å². The monoisotopic (exact) mass is 316 g/mol. The van der Waals surface area contributed by atoms with E-state index in [0.29, 0.717) is 23.1 Å². The van der Waals surface area contributed by atoms with E-state index in [0.717, 1.165) is 24.2 Å². The third kappa shape index (κ3) is 2.43. The maximum Gasteiger partial charge on any atom is 0.200 e. The largest absolute Gasteiger partial charge is 0.493 e. The van der Waals surface area contributed by atoms with Crippen LogP contribution in [0, 0.1) is 0 Å². The number of anilines is 1. The number of hydrogen-bond acceptors (Lipinski definition) is 6. The van der Waals surface area contributed by atoms with Gasteiger partial charge in [0.2, 0.25) is 0 Å². The summed E-state index contributed by atoms with van der Waals surface area (Å²) in [5, 5.41) is 19.7. The van der Waals surface area contributed by atoms with E-state index < -0.39 is 0 Å². The van der Waals surface area contributed by atoms with E-state index in [1.165, 1.54) is 4.63 Å². The van der Waals surface area contributed by atoms with Gasteiger partial charge in [-0.2, -0.15) is 0 Å². The highest BCUT2D eigenvalue weighted by atomic mass is 35.5. The van der Waals surface area contributed by atoms with Crippen molar-refractivity contribution in [2.75, 3.05) is 11.9 Å². The van der Waals surface area contributed by atoms with E-state index in [2.05, 4.69) is 25.9 Å². The van der Waals surface area contributed by atoms with E-state index >= 15 is 0 Å². The molecule has 0 saturated carbocycles. The minimum Gasteiger partial charge on any atom is -0.493 e. The number of ether oxygens (including phenoxy) is 1. The van der Waals surface area contributed by atoms with Crippen LogP contribution in [0.1, 0.15) is 24.4 Å². The second-order valence-corrected chi connectivity index (χ2v) is 5.55. The maximum absolute atomic E-state index is 6.05. The number of fused-ring (bicyclic) bond motifs is 2. The van der Waals surface area contributed by atoms with Crippen LogP contribution in [0.25, 0.3) is 5.65 Å². The van der Waals surface area contributed by atoms with Crippen molar-refractivity contribution in [3.8, 4) is 5.75 Å². The molecule has 1 aliphatic rings. The molecule has 1 unspecified atom stereocenters. The fourth-order valence-electron chi connectivity index (χ4n) is 2.60. The highest BCUT2D eigenvalue weighted by molar-refractivity contribution is 6.30. The van der Waals surface area contributed by atoms with Crippen LogP contribution in [-0.2, 0) is 0 Å². The first-order chi connectivity index (χ1) is 10.8. The molecule has 1 atom stereocenters. The molecule has 1 N–H and O–H groups in total. The number of nitrogens with one attached hydrogen (secondary N) is 1. The lowest BCUT2D eigenvalue weighted by molar-refractivity contribution is 0.316. The number of tetrazole rings is 1. The zero-order chi connectivity index (χ0) is 14.9. The lowest BCUT2D eigenvalue weighted by Crippen LogP contribution is -2.12. The second kappa shape index (κ2) is 5.42. The second-order valence-electron chi connectivity index (χ2n) is 5.11. The first kappa shape index (κ1) is 13.3. The molecule has 3 heterocycles. The number of halogens is 1. The van der Waals surface area contributed by atoms with Crippen molar-refractivity contribution in [3.05, 3.63) is 40.9 Å². The van der Waals surface area contributed by atoms with Crippen LogP contribution in [0.15, 0.2) is 30.3 Å². The minimum atomic E-state index is 0.108. The van der Waals surface area contributed by atoms with Crippen LogP contribution in [0.4, 0.5) is 5.82 Å². The Labute approximate surface area is 131 Å². The maximum atomic E-state index is 6.05. The third-order valence-corrected chi connectivity index (χ3v) is 3.87. The summed E-state index contributed by atoms with van der Waals surface area (Å²) in [4.78, 5) is 0. The Hall–Kier alpha value is -2.41. The van der Waals surface area contributed by atoms with Crippen molar-refractivity contribution < 1.29 is 4.74 Å². The molecule has 0 amide bonds. The summed E-state index contributed by atoms with van der Waals surface area (Å²) in [6.45, 7) is 0.685. The van der Waals surface area contributed by atoms with E-state index in [9.17, 15) is 0 Å². The summed E-state index contributed by atoms with van der Waals surface area (Å²) >= 11 is 6.05. The molecule has 0 radical (unpaired) electrons. The molecular weight excluding hydrogens is 304 g/mol. The number of hydrogen-bond donors (Lipinski definition) is 1. The lowest BCUT2D eigenvalue weighted by atomic mass is 10.0. The van der Waals surface area contributed by atoms with E-state index in [1.807, 2.05) is 30.3 Å². The number of aromatic nitrogens is 5. The third-order valence-electron chi connectivity index (χ3n) is 3.64. The van der Waals surface area contributed by atoms with Gasteiger partial charge in [0.15, 0.2) is 5.65 Å². The summed E-state index contributed by atoms with van der Waals surface area (Å²) in [5.74, 6) is 1.54. The molecule has 0 fully saturated rings. The van der Waals surface area contributed by atoms with Gasteiger partial charge < -0.3 is 10.1 Å². The molecule has 4 rings (SSSR count). The summed E-state index contributed by atoms with van der Waals surface area (Å²) < 4.78 is 7.17. The summed E-state index contributed by atoms with van der Waals surface area (Å²) in [5.41, 5.74) is 1.70. The van der Waals surface area contributed by atoms with Crippen LogP contribution in [0.5, 0.6) is 5.75 Å². The Kier molecular flexibility index (Phi) is 3.27. The molecule has 0 saturated heterocycles. The van der Waals surface area contributed by atoms with Crippen LogP contribution in [0.2, 0.25) is 5.02 Å². The molecule has 112 valence electrons. The molecular formula is C14H13ClN6O. The van der Waals surface area contributed by atoms with Gasteiger partial charge in [-0.3, -0.25) is 0 Å². The van der Waals surface area contributed by atoms with Gasteiger partial charge in [-0.15, -0.1) is 14.8 Å². The normalized spacial score (nSPS) is 17.6. The van der Waals surface area contributed by atoms with Crippen LogP contribution < -0.4 is 10.1 Å². The lowest BCUT2D eigenvalue weighted by Gasteiger charge is -2.18. The molecule has 8 heteroatoms. The molecule has 1 aliphatic heterocycles. The molecule has 0 bridgehead atoms. The zero-order valence-electron chi connectivity index (χ0n) is 11.6. The van der Waals surface area contributed by atoms with Crippen molar-refractivity contribution in [2.45, 2.75) is 18.9 Å². The van der Waals surface area contributed by atoms with Crippen LogP contribution >= 0.6 is 11.6 Å². The van der Waals surface area contributed by atoms with Gasteiger partial charge in [0.1, 0.15) is 11.6 Å². The SMILES string of the molecule is Clc1ccc2c(c1)OCCCC2Nc1ccc2nnnn2n1. The minimum absolute atomic E-state index is 0.108. The predicted molar refractivity (Wildman–Crippen MR) is 81.1 cm³/mol. The van der Waals surface area contributed by atoms with Crippen molar-refractivity contribution in [3.63, 3.8) is 0 Å². The van der Waals surface area contributed by atoms with Gasteiger partial charge >= 0.3 is 0 Å². The van der Waals surface area contributed by atoms with Crippen molar-refractivity contribution in [1.29, 1.82) is 0 Å². The molecule has 3 aromatic rings. The average molecular weight is 317 g/mol. The van der Waals surface area contributed by atoms with E-state index in [-0.39, 0.29) is 6.04 Å². The van der Waals surface area contributed by atoms with Crippen molar-refractivity contribution in [2.24, 2.45) is 0 Å². The standard InChI is InChI=1S/C14H13ClN6O/c15-9-3-4-10-11(2-1-7-22-12(10)8-9)16-13-5-6-14-17-19-20-21(14)18-13/h3-6,8,11H,1-2,7H2,(H,16,18). The van der Waals surface area contributed by atoms with Crippen LogP contribution in [0.3, 0.4) is 0 Å². The van der Waals surface area contributed by atoms with Gasteiger partial charge in [-0.25, -0.2) is 0 Å². The number of nitrogens with zero attached hydrogens (tertiary/aromatic N) is 5. The van der Waals surface area contributed by atoms with Gasteiger partial charge in [0.05, 0.1) is 12.6 Å². The average Bonchev–Trinajstić information content (AvgIpc) is 2.89. The van der Waals surface area contributed by atoms with Gasteiger partial charge in [0, 0.05) is 10.6 Å². The number of benzene rings is 1. The van der Waals surface area contributed by atoms with Gasteiger partial charge in [-0.1, -0.05) is 17.7 Å². The topological polar surface area (TPSA) is 77.2 Å². The first-order valence-corrected chi connectivity index (χ1v) is 7.41. The van der Waals surface area contributed by atoms with E-state index in [4.69, 9.17) is 16.3 Å². The Morgan fingerprint density at radius 1 is 1.27 bits per heavy atom. The molecule has 22 heavy (non-hydrogen) atoms. The van der Waals surface area contributed by atoms with Gasteiger partial charge in [0.25, 0.3) is 0 Å². The molecule has 1 aromatic carbocycles. The Bertz CT molecular complexity index is 820. The fraction of sp³-hybridized carbons (Fsp3) is 0.286. The molecule has 0 aliphatic carbocycles. The summed E-state index contributed by atoms with van der Waals surface area (Å²) in [6.07, 6.45) is 1.90. The van der Waals surface area contributed by atoms with Crippen LogP contribution in [-0.4, -0.2) is 31.9 Å². The smallest absolute Gasteiger partial charge is 0.200 e. The molecule has 7 nitrogen and oxygen atoms in total. The number of rotatable bonds is 2. The highest BCUT2D eigenvalue weighted by Gasteiger charge is 2.20. The predicted octanol–water partition coefficient (Wildman–Crippen LogP) is 2.50. The fourth-order valence-corrected chi connectivity index (χ4v) is 2.76. The first-order valence-electron chi connectivity index (χ1n) is 7.04. The summed E-state index contributed by atoms with van der Waals surface area (Å²) in [6, 6.07) is 9.53. The highest BCUT2D eigenvalue weighted by Crippen LogP contribution is 2.35. The van der Waals surface area contributed by atoms with E-state index in [1.54, 1.807) is 0 Å². The van der Waals surface area contributed by atoms with Crippen molar-refractivity contribution >= 4 is 23.1 Å². The molecule has 2 aromatic heterocycles.